The van der Waals surface area contributed by atoms with E-state index in [9.17, 15) is 15.2 Å². The highest BCUT2D eigenvalue weighted by Gasteiger charge is 2.05. The number of non-ortho nitro benzene ring substituents is 1. The van der Waals surface area contributed by atoms with E-state index in [1.807, 2.05) is 0 Å². The molecule has 0 aliphatic heterocycles. The van der Waals surface area contributed by atoms with Crippen LogP contribution < -0.4 is 5.43 Å². The Morgan fingerprint density at radius 2 is 1.90 bits per heavy atom. The number of nitrogens with one attached hydrogen (secondary N) is 1. The molecule has 0 saturated carbocycles. The molecule has 0 heterocycles. The standard InChI is InChI=1S/C13H9Br2N3O3/c14-11-4-8(5-12(15)13(11)19)7-16-17-9-2-1-3-10(6-9)18(20)21/h1-7,17,19H/b16-7+. The molecule has 108 valence electrons. The van der Waals surface area contributed by atoms with Crippen molar-refractivity contribution >= 4 is 49.4 Å². The van der Waals surface area contributed by atoms with Crippen molar-refractivity contribution in [3.63, 3.8) is 0 Å². The number of phenolic OH excluding ortho intramolecular Hbond substituents is 1. The molecular weight excluding hydrogens is 406 g/mol. The van der Waals surface area contributed by atoms with E-state index >= 15 is 0 Å². The van der Waals surface area contributed by atoms with Crippen molar-refractivity contribution in [2.45, 2.75) is 0 Å². The number of benzene rings is 2. The minimum absolute atomic E-state index is 0.00896. The molecule has 2 aromatic rings. The number of aromatic hydroxyl groups is 1. The van der Waals surface area contributed by atoms with E-state index in [1.54, 1.807) is 24.3 Å². The molecule has 8 heteroatoms. The van der Waals surface area contributed by atoms with Gasteiger partial charge in [0.15, 0.2) is 0 Å². The fraction of sp³-hybridized carbons (Fsp3) is 0. The van der Waals surface area contributed by atoms with Gasteiger partial charge in [-0.1, -0.05) is 6.07 Å². The van der Waals surface area contributed by atoms with Gasteiger partial charge < -0.3 is 5.11 Å². The third-order valence-corrected chi connectivity index (χ3v) is 3.71. The van der Waals surface area contributed by atoms with Gasteiger partial charge in [-0.05, 0) is 55.6 Å². The molecule has 2 N–H and O–H groups in total. The summed E-state index contributed by atoms with van der Waals surface area (Å²) in [4.78, 5) is 10.2. The van der Waals surface area contributed by atoms with Crippen molar-refractivity contribution in [1.29, 1.82) is 0 Å². The molecule has 0 aliphatic rings. The summed E-state index contributed by atoms with van der Waals surface area (Å²) in [6.07, 6.45) is 1.54. The van der Waals surface area contributed by atoms with Crippen molar-refractivity contribution < 1.29 is 10.0 Å². The van der Waals surface area contributed by atoms with E-state index in [4.69, 9.17) is 0 Å². The maximum absolute atomic E-state index is 10.7. The summed E-state index contributed by atoms with van der Waals surface area (Å²) in [7, 11) is 0. The third-order valence-electron chi connectivity index (χ3n) is 2.50. The molecule has 0 bridgehead atoms. The second-order valence-corrected chi connectivity index (χ2v) is 5.72. The number of hydrazone groups is 1. The van der Waals surface area contributed by atoms with Crippen molar-refractivity contribution in [2.75, 3.05) is 5.43 Å². The van der Waals surface area contributed by atoms with Gasteiger partial charge in [-0.2, -0.15) is 5.10 Å². The number of rotatable bonds is 4. The highest BCUT2D eigenvalue weighted by atomic mass is 79.9. The van der Waals surface area contributed by atoms with Crippen molar-refractivity contribution in [2.24, 2.45) is 5.10 Å². The van der Waals surface area contributed by atoms with Crippen molar-refractivity contribution in [1.82, 2.24) is 0 Å². The topological polar surface area (TPSA) is 87.8 Å². The Labute approximate surface area is 136 Å². The molecule has 0 amide bonds. The zero-order valence-electron chi connectivity index (χ0n) is 10.5. The first-order valence-corrected chi connectivity index (χ1v) is 7.27. The van der Waals surface area contributed by atoms with Crippen LogP contribution in [0.15, 0.2) is 50.4 Å². The Balaban J connectivity index is 2.12. The fourth-order valence-electron chi connectivity index (χ4n) is 1.53. The largest absolute Gasteiger partial charge is 0.506 e. The number of hydrogen-bond donors (Lipinski definition) is 2. The Bertz CT molecular complexity index is 697. The average Bonchev–Trinajstić information content (AvgIpc) is 2.45. The number of nitro benzene ring substituents is 1. The molecule has 0 radical (unpaired) electrons. The molecule has 0 unspecified atom stereocenters. The Hall–Kier alpha value is -1.93. The number of nitro groups is 1. The van der Waals surface area contributed by atoms with Crippen LogP contribution in [0.1, 0.15) is 5.56 Å². The molecular formula is C13H9Br2N3O3. The highest BCUT2D eigenvalue weighted by molar-refractivity contribution is 9.11. The SMILES string of the molecule is O=[N+]([O-])c1cccc(N/N=C/c2cc(Br)c(O)c(Br)c2)c1. The molecule has 0 saturated heterocycles. The number of hydrogen-bond acceptors (Lipinski definition) is 5. The molecule has 0 aromatic heterocycles. The maximum atomic E-state index is 10.7. The second kappa shape index (κ2) is 6.68. The Morgan fingerprint density at radius 3 is 2.52 bits per heavy atom. The van der Waals surface area contributed by atoms with E-state index in [0.717, 1.165) is 5.56 Å². The van der Waals surface area contributed by atoms with Gasteiger partial charge >= 0.3 is 0 Å². The lowest BCUT2D eigenvalue weighted by Gasteiger charge is -2.03. The van der Waals surface area contributed by atoms with Crippen LogP contribution >= 0.6 is 31.9 Å². The fourth-order valence-corrected chi connectivity index (χ4v) is 2.75. The minimum atomic E-state index is -0.469. The molecule has 2 aromatic carbocycles. The highest BCUT2D eigenvalue weighted by Crippen LogP contribution is 2.32. The van der Waals surface area contributed by atoms with Gasteiger partial charge in [0.05, 0.1) is 25.8 Å². The van der Waals surface area contributed by atoms with E-state index < -0.39 is 4.92 Å². The van der Waals surface area contributed by atoms with Crippen LogP contribution in [0.4, 0.5) is 11.4 Å². The number of anilines is 1. The Kier molecular flexibility index (Phi) is 4.92. The lowest BCUT2D eigenvalue weighted by molar-refractivity contribution is -0.384. The first kappa shape index (κ1) is 15.5. The molecule has 2 rings (SSSR count). The number of nitrogens with zero attached hydrogens (tertiary/aromatic N) is 2. The summed E-state index contributed by atoms with van der Waals surface area (Å²) >= 11 is 6.44. The zero-order chi connectivity index (χ0) is 15.4. The van der Waals surface area contributed by atoms with Crippen molar-refractivity contribution in [3.8, 4) is 5.75 Å². The first-order valence-electron chi connectivity index (χ1n) is 5.69. The number of halogens is 2. The van der Waals surface area contributed by atoms with Crippen LogP contribution in [-0.4, -0.2) is 16.2 Å². The molecule has 6 nitrogen and oxygen atoms in total. The van der Waals surface area contributed by atoms with Crippen LogP contribution in [0, 0.1) is 10.1 Å². The summed E-state index contributed by atoms with van der Waals surface area (Å²) in [5, 5.41) is 24.3. The van der Waals surface area contributed by atoms with Crippen LogP contribution in [0.3, 0.4) is 0 Å². The van der Waals surface area contributed by atoms with Crippen LogP contribution in [-0.2, 0) is 0 Å². The van der Waals surface area contributed by atoms with Crippen LogP contribution in [0.5, 0.6) is 5.75 Å². The minimum Gasteiger partial charge on any atom is -0.506 e. The quantitative estimate of drug-likeness (QED) is 0.444. The smallest absolute Gasteiger partial charge is 0.271 e. The van der Waals surface area contributed by atoms with E-state index in [-0.39, 0.29) is 11.4 Å². The third kappa shape index (κ3) is 4.02. The molecule has 0 aliphatic carbocycles. The van der Waals surface area contributed by atoms with Gasteiger partial charge in [-0.15, -0.1) is 0 Å². The van der Waals surface area contributed by atoms with Gasteiger partial charge in [-0.25, -0.2) is 0 Å². The van der Waals surface area contributed by atoms with E-state index in [0.29, 0.717) is 14.6 Å². The molecule has 0 spiro atoms. The average molecular weight is 415 g/mol. The van der Waals surface area contributed by atoms with Gasteiger partial charge in [-0.3, -0.25) is 15.5 Å². The Morgan fingerprint density at radius 1 is 1.24 bits per heavy atom. The summed E-state index contributed by atoms with van der Waals surface area (Å²) < 4.78 is 1.07. The van der Waals surface area contributed by atoms with Gasteiger partial charge in [0.25, 0.3) is 5.69 Å². The van der Waals surface area contributed by atoms with Crippen LogP contribution in [0.2, 0.25) is 0 Å². The van der Waals surface area contributed by atoms with Gasteiger partial charge in [0.2, 0.25) is 0 Å². The second-order valence-electron chi connectivity index (χ2n) is 4.01. The van der Waals surface area contributed by atoms with Crippen molar-refractivity contribution in [3.05, 3.63) is 61.0 Å². The summed E-state index contributed by atoms with van der Waals surface area (Å²) in [5.41, 5.74) is 3.96. The normalized spacial score (nSPS) is 10.8. The molecule has 0 fully saturated rings. The van der Waals surface area contributed by atoms with E-state index in [1.165, 1.54) is 18.3 Å². The summed E-state index contributed by atoms with van der Waals surface area (Å²) in [5.74, 6) is 0.110. The zero-order valence-corrected chi connectivity index (χ0v) is 13.6. The lowest BCUT2D eigenvalue weighted by Crippen LogP contribution is -1.93. The van der Waals surface area contributed by atoms with Gasteiger partial charge in [0, 0.05) is 12.1 Å². The predicted molar refractivity (Wildman–Crippen MR) is 87.8 cm³/mol. The summed E-state index contributed by atoms with van der Waals surface area (Å²) in [6.45, 7) is 0. The molecule has 21 heavy (non-hydrogen) atoms. The van der Waals surface area contributed by atoms with Crippen LogP contribution in [0.25, 0.3) is 0 Å². The number of phenols is 1. The predicted octanol–water partition coefficient (Wildman–Crippen LogP) is 4.27. The molecule has 0 atom stereocenters. The monoisotopic (exact) mass is 413 g/mol. The lowest BCUT2D eigenvalue weighted by atomic mass is 10.2. The summed E-state index contributed by atoms with van der Waals surface area (Å²) in [6, 6.07) is 9.43. The first-order chi connectivity index (χ1) is 9.97. The maximum Gasteiger partial charge on any atom is 0.271 e. The van der Waals surface area contributed by atoms with E-state index in [2.05, 4.69) is 42.4 Å². The van der Waals surface area contributed by atoms with Gasteiger partial charge in [0.1, 0.15) is 5.75 Å².